The number of aliphatic hydroxyl groups is 1. The molecule has 1 fully saturated rings. The van der Waals surface area contributed by atoms with E-state index in [9.17, 15) is 4.79 Å². The predicted octanol–water partition coefficient (Wildman–Crippen LogP) is 2.71. The zero-order valence-electron chi connectivity index (χ0n) is 14.0. The van der Waals surface area contributed by atoms with Gasteiger partial charge in [-0.15, -0.1) is 0 Å². The van der Waals surface area contributed by atoms with Crippen LogP contribution in [0, 0.1) is 6.92 Å². The number of urea groups is 1. The van der Waals surface area contributed by atoms with E-state index in [4.69, 9.17) is 9.84 Å². The summed E-state index contributed by atoms with van der Waals surface area (Å²) in [5, 5.41) is 12.1. The molecule has 5 heteroatoms. The molecule has 0 aliphatic carbocycles. The summed E-state index contributed by atoms with van der Waals surface area (Å²) >= 11 is 0. The molecule has 0 saturated carbocycles. The van der Waals surface area contributed by atoms with Gasteiger partial charge < -0.3 is 20.1 Å². The van der Waals surface area contributed by atoms with E-state index in [1.807, 2.05) is 36.1 Å². The molecule has 0 spiro atoms. The summed E-state index contributed by atoms with van der Waals surface area (Å²) in [6.07, 6.45) is 4.62. The number of carbonyl (C=O) groups is 1. The zero-order chi connectivity index (χ0) is 16.5. The highest BCUT2D eigenvalue weighted by atomic mass is 16.5. The van der Waals surface area contributed by atoms with Gasteiger partial charge in [-0.2, -0.15) is 0 Å². The largest absolute Gasteiger partial charge is 0.494 e. The van der Waals surface area contributed by atoms with Crippen molar-refractivity contribution in [2.75, 3.05) is 26.3 Å². The Bertz CT molecular complexity index is 474. The number of ether oxygens (including phenoxy) is 1. The molecule has 1 heterocycles. The van der Waals surface area contributed by atoms with Gasteiger partial charge in [-0.3, -0.25) is 0 Å². The lowest BCUT2D eigenvalue weighted by Gasteiger charge is -2.35. The summed E-state index contributed by atoms with van der Waals surface area (Å²) < 4.78 is 5.65. The van der Waals surface area contributed by atoms with Gasteiger partial charge in [-0.25, -0.2) is 4.79 Å². The molecule has 1 aliphatic rings. The first-order valence-electron chi connectivity index (χ1n) is 8.55. The predicted molar refractivity (Wildman–Crippen MR) is 90.7 cm³/mol. The number of rotatable bonds is 7. The van der Waals surface area contributed by atoms with Crippen molar-refractivity contribution >= 4 is 6.03 Å². The zero-order valence-corrected chi connectivity index (χ0v) is 14.0. The first-order chi connectivity index (χ1) is 11.2. The van der Waals surface area contributed by atoms with Crippen LogP contribution in [0.25, 0.3) is 0 Å². The molecule has 1 aromatic rings. The van der Waals surface area contributed by atoms with E-state index >= 15 is 0 Å². The summed E-state index contributed by atoms with van der Waals surface area (Å²) in [6.45, 7) is 4.16. The van der Waals surface area contributed by atoms with Crippen molar-refractivity contribution in [1.82, 2.24) is 10.2 Å². The van der Waals surface area contributed by atoms with Gasteiger partial charge in [0.2, 0.25) is 0 Å². The van der Waals surface area contributed by atoms with Crippen molar-refractivity contribution in [1.29, 1.82) is 0 Å². The second kappa shape index (κ2) is 9.40. The molecule has 2 rings (SSSR count). The SMILES string of the molecule is Cc1ccc(OCCCNC(=O)N2CCCCC2CCO)cc1. The normalized spacial score (nSPS) is 17.8. The third-order valence-electron chi connectivity index (χ3n) is 4.24. The van der Waals surface area contributed by atoms with E-state index < -0.39 is 0 Å². The van der Waals surface area contributed by atoms with Gasteiger partial charge in [0.15, 0.2) is 0 Å². The van der Waals surface area contributed by atoms with Crippen LogP contribution in [0.2, 0.25) is 0 Å². The molecule has 0 aromatic heterocycles. The molecule has 128 valence electrons. The van der Waals surface area contributed by atoms with Crippen LogP contribution in [0.4, 0.5) is 4.79 Å². The number of hydrogen-bond acceptors (Lipinski definition) is 3. The van der Waals surface area contributed by atoms with Crippen LogP contribution < -0.4 is 10.1 Å². The van der Waals surface area contributed by atoms with Crippen molar-refractivity contribution in [3.63, 3.8) is 0 Å². The lowest BCUT2D eigenvalue weighted by atomic mass is 10.0. The number of aryl methyl sites for hydroxylation is 1. The molecule has 1 aromatic carbocycles. The van der Waals surface area contributed by atoms with E-state index in [1.54, 1.807) is 0 Å². The highest BCUT2D eigenvalue weighted by Gasteiger charge is 2.25. The lowest BCUT2D eigenvalue weighted by molar-refractivity contribution is 0.131. The maximum absolute atomic E-state index is 12.2. The number of benzene rings is 1. The van der Waals surface area contributed by atoms with Crippen LogP contribution in [-0.4, -0.2) is 48.4 Å². The highest BCUT2D eigenvalue weighted by Crippen LogP contribution is 2.19. The number of nitrogens with zero attached hydrogens (tertiary/aromatic N) is 1. The molecular formula is C18H28N2O3. The number of amides is 2. The molecule has 2 N–H and O–H groups in total. The van der Waals surface area contributed by atoms with Gasteiger partial charge in [0.1, 0.15) is 5.75 Å². The molecule has 1 aliphatic heterocycles. The highest BCUT2D eigenvalue weighted by molar-refractivity contribution is 5.74. The molecular weight excluding hydrogens is 292 g/mol. The second-order valence-corrected chi connectivity index (χ2v) is 6.10. The van der Waals surface area contributed by atoms with E-state index in [0.717, 1.165) is 38.0 Å². The summed E-state index contributed by atoms with van der Waals surface area (Å²) in [5.74, 6) is 0.862. The Kier molecular flexibility index (Phi) is 7.20. The number of carbonyl (C=O) groups excluding carboxylic acids is 1. The quantitative estimate of drug-likeness (QED) is 0.759. The maximum atomic E-state index is 12.2. The Labute approximate surface area is 138 Å². The van der Waals surface area contributed by atoms with Crippen LogP contribution in [0.3, 0.4) is 0 Å². The average Bonchev–Trinajstić information content (AvgIpc) is 2.57. The number of aliphatic hydroxyl groups excluding tert-OH is 1. The molecule has 1 saturated heterocycles. The molecule has 0 radical (unpaired) electrons. The Morgan fingerprint density at radius 3 is 2.87 bits per heavy atom. The molecule has 2 amide bonds. The topological polar surface area (TPSA) is 61.8 Å². The van der Waals surface area contributed by atoms with E-state index in [-0.39, 0.29) is 18.7 Å². The monoisotopic (exact) mass is 320 g/mol. The molecule has 5 nitrogen and oxygen atoms in total. The van der Waals surface area contributed by atoms with Gasteiger partial charge in [0.25, 0.3) is 0 Å². The summed E-state index contributed by atoms with van der Waals surface area (Å²) in [5.41, 5.74) is 1.21. The molecule has 23 heavy (non-hydrogen) atoms. The Morgan fingerprint density at radius 2 is 2.13 bits per heavy atom. The van der Waals surface area contributed by atoms with Crippen molar-refractivity contribution in [3.05, 3.63) is 29.8 Å². The first-order valence-corrected chi connectivity index (χ1v) is 8.55. The van der Waals surface area contributed by atoms with Gasteiger partial charge in [-0.05, 0) is 51.2 Å². The number of piperidine rings is 1. The number of hydrogen-bond donors (Lipinski definition) is 2. The number of likely N-dealkylation sites (tertiary alicyclic amines) is 1. The van der Waals surface area contributed by atoms with Crippen molar-refractivity contribution < 1.29 is 14.6 Å². The van der Waals surface area contributed by atoms with Crippen LogP contribution >= 0.6 is 0 Å². The average molecular weight is 320 g/mol. The second-order valence-electron chi connectivity index (χ2n) is 6.10. The minimum atomic E-state index is -0.0153. The molecule has 1 unspecified atom stereocenters. The van der Waals surface area contributed by atoms with Gasteiger partial charge in [-0.1, -0.05) is 17.7 Å². The summed E-state index contributed by atoms with van der Waals surface area (Å²) in [7, 11) is 0. The van der Waals surface area contributed by atoms with Crippen LogP contribution in [-0.2, 0) is 0 Å². The van der Waals surface area contributed by atoms with Crippen LogP contribution in [0.1, 0.15) is 37.7 Å². The van der Waals surface area contributed by atoms with E-state index in [1.165, 1.54) is 5.56 Å². The molecule has 0 bridgehead atoms. The van der Waals surface area contributed by atoms with E-state index in [2.05, 4.69) is 5.32 Å². The Hall–Kier alpha value is -1.75. The summed E-state index contributed by atoms with van der Waals surface area (Å²) in [4.78, 5) is 14.1. The minimum Gasteiger partial charge on any atom is -0.494 e. The van der Waals surface area contributed by atoms with Crippen molar-refractivity contribution in [3.8, 4) is 5.75 Å². The standard InChI is InChI=1S/C18H28N2O3/c1-15-6-8-17(9-7-15)23-14-4-11-19-18(22)20-12-3-2-5-16(20)10-13-21/h6-9,16,21H,2-5,10-14H2,1H3,(H,19,22). The fourth-order valence-electron chi connectivity index (χ4n) is 2.91. The van der Waals surface area contributed by atoms with Crippen molar-refractivity contribution in [2.45, 2.75) is 45.1 Å². The third kappa shape index (κ3) is 5.75. The van der Waals surface area contributed by atoms with Crippen molar-refractivity contribution in [2.24, 2.45) is 0 Å². The third-order valence-corrected chi connectivity index (χ3v) is 4.24. The molecule has 1 atom stereocenters. The van der Waals surface area contributed by atoms with Gasteiger partial charge >= 0.3 is 6.03 Å². The fourth-order valence-corrected chi connectivity index (χ4v) is 2.91. The Morgan fingerprint density at radius 1 is 1.35 bits per heavy atom. The summed E-state index contributed by atoms with van der Waals surface area (Å²) in [6, 6.07) is 8.13. The van der Waals surface area contributed by atoms with Gasteiger partial charge in [0, 0.05) is 25.7 Å². The first kappa shape index (κ1) is 17.6. The lowest BCUT2D eigenvalue weighted by Crippen LogP contribution is -2.49. The van der Waals surface area contributed by atoms with E-state index in [0.29, 0.717) is 19.6 Å². The van der Waals surface area contributed by atoms with Gasteiger partial charge in [0.05, 0.1) is 6.61 Å². The fraction of sp³-hybridized carbons (Fsp3) is 0.611. The number of nitrogens with one attached hydrogen (secondary N) is 1. The van der Waals surface area contributed by atoms with Crippen LogP contribution in [0.5, 0.6) is 5.75 Å². The Balaban J connectivity index is 1.64. The minimum absolute atomic E-state index is 0.0153. The smallest absolute Gasteiger partial charge is 0.317 e. The maximum Gasteiger partial charge on any atom is 0.317 e. The van der Waals surface area contributed by atoms with Crippen LogP contribution in [0.15, 0.2) is 24.3 Å².